The molecule has 1 amide bonds. The first-order valence-corrected chi connectivity index (χ1v) is 16.9. The number of hydrogen-bond donors (Lipinski definition) is 1. The topological polar surface area (TPSA) is 126 Å². The largest absolute Gasteiger partial charge is 0.493 e. The summed E-state index contributed by atoms with van der Waals surface area (Å²) in [5, 5.41) is 17.2. The van der Waals surface area contributed by atoms with Crippen LogP contribution in [0.2, 0.25) is 0 Å². The number of hydrogen-bond acceptors (Lipinski definition) is 10. The molecule has 12 nitrogen and oxygen atoms in total. The monoisotopic (exact) mass is 697 g/mol. The minimum absolute atomic E-state index is 0.308. The van der Waals surface area contributed by atoms with E-state index in [0.717, 1.165) is 66.1 Å². The summed E-state index contributed by atoms with van der Waals surface area (Å²) in [4.78, 5) is 21.5. The number of tetrazole rings is 1. The van der Waals surface area contributed by atoms with Gasteiger partial charge >= 0.3 is 0 Å². The first kappa shape index (κ1) is 34.2. The Balaban J connectivity index is 1.04. The number of amides is 1. The van der Waals surface area contributed by atoms with Crippen LogP contribution in [0.25, 0.3) is 34.1 Å². The van der Waals surface area contributed by atoms with Gasteiger partial charge in [0.2, 0.25) is 11.7 Å². The van der Waals surface area contributed by atoms with E-state index >= 15 is 0 Å². The SMILES string of the molecule is COc1cc2c(cc1OC)CN(CCc1ccc(-n3nnc(-c4cc(OC)c(OC)cc4NC(=O)C=Cc4cnc5ccccc5c4)n3)cc1)CC2. The molecule has 0 saturated heterocycles. The Kier molecular flexibility index (Phi) is 10.1. The number of carbonyl (C=O) groups excluding carboxylic acids is 1. The Morgan fingerprint density at radius 1 is 0.846 bits per heavy atom. The molecule has 2 aromatic heterocycles. The lowest BCUT2D eigenvalue weighted by molar-refractivity contribution is -0.111. The van der Waals surface area contributed by atoms with Crippen molar-refractivity contribution in [1.82, 2.24) is 30.1 Å². The molecular formula is C40H39N7O5. The van der Waals surface area contributed by atoms with Crippen molar-refractivity contribution in [2.24, 2.45) is 0 Å². The lowest BCUT2D eigenvalue weighted by atomic mass is 9.98. The van der Waals surface area contributed by atoms with Crippen LogP contribution in [0.5, 0.6) is 23.0 Å². The van der Waals surface area contributed by atoms with Crippen molar-refractivity contribution in [3.8, 4) is 40.1 Å². The van der Waals surface area contributed by atoms with Crippen LogP contribution in [-0.4, -0.2) is 77.5 Å². The van der Waals surface area contributed by atoms with Crippen LogP contribution in [0, 0.1) is 0 Å². The lowest BCUT2D eigenvalue weighted by Gasteiger charge is -2.29. The fourth-order valence-corrected chi connectivity index (χ4v) is 6.34. The van der Waals surface area contributed by atoms with Crippen LogP contribution >= 0.6 is 0 Å². The number of nitrogens with one attached hydrogen (secondary N) is 1. The molecular weight excluding hydrogens is 658 g/mol. The van der Waals surface area contributed by atoms with E-state index in [1.165, 1.54) is 34.7 Å². The molecule has 1 aliphatic rings. The van der Waals surface area contributed by atoms with Gasteiger partial charge in [0.15, 0.2) is 23.0 Å². The van der Waals surface area contributed by atoms with Gasteiger partial charge in [0.05, 0.1) is 50.9 Å². The summed E-state index contributed by atoms with van der Waals surface area (Å²) >= 11 is 0. The molecule has 264 valence electrons. The van der Waals surface area contributed by atoms with Crippen LogP contribution in [0.1, 0.15) is 22.3 Å². The molecule has 0 saturated carbocycles. The van der Waals surface area contributed by atoms with Crippen LogP contribution in [0.4, 0.5) is 5.69 Å². The quantitative estimate of drug-likeness (QED) is 0.149. The van der Waals surface area contributed by atoms with Crippen molar-refractivity contribution >= 4 is 28.6 Å². The number of carbonyl (C=O) groups is 1. The van der Waals surface area contributed by atoms with Crippen molar-refractivity contribution < 1.29 is 23.7 Å². The Bertz CT molecular complexity index is 2250. The summed E-state index contributed by atoms with van der Waals surface area (Å²) in [5.74, 6) is 2.41. The number of methoxy groups -OCH3 is 4. The molecule has 6 aromatic rings. The molecule has 3 heterocycles. The predicted molar refractivity (Wildman–Crippen MR) is 199 cm³/mol. The number of nitrogens with zero attached hydrogens (tertiary/aromatic N) is 6. The van der Waals surface area contributed by atoms with Gasteiger partial charge < -0.3 is 24.3 Å². The van der Waals surface area contributed by atoms with E-state index in [0.29, 0.717) is 28.6 Å². The highest BCUT2D eigenvalue weighted by Crippen LogP contribution is 2.38. The molecule has 0 fully saturated rings. The summed E-state index contributed by atoms with van der Waals surface area (Å²) < 4.78 is 22.1. The predicted octanol–water partition coefficient (Wildman–Crippen LogP) is 6.16. The third-order valence-corrected chi connectivity index (χ3v) is 9.16. The number of anilines is 1. The number of fused-ring (bicyclic) bond motifs is 2. The van der Waals surface area contributed by atoms with E-state index in [1.807, 2.05) is 42.5 Å². The van der Waals surface area contributed by atoms with E-state index < -0.39 is 0 Å². The lowest BCUT2D eigenvalue weighted by Crippen LogP contribution is -2.32. The molecule has 1 aliphatic heterocycles. The molecule has 12 heteroatoms. The third-order valence-electron chi connectivity index (χ3n) is 9.16. The Morgan fingerprint density at radius 2 is 1.56 bits per heavy atom. The summed E-state index contributed by atoms with van der Waals surface area (Å²) in [7, 11) is 6.42. The summed E-state index contributed by atoms with van der Waals surface area (Å²) in [5.41, 5.74) is 7.21. The molecule has 1 N–H and O–H groups in total. The van der Waals surface area contributed by atoms with Crippen molar-refractivity contribution in [2.75, 3.05) is 46.8 Å². The zero-order chi connectivity index (χ0) is 36.0. The van der Waals surface area contributed by atoms with Crippen LogP contribution in [-0.2, 0) is 24.2 Å². The maximum atomic E-state index is 13.1. The first-order valence-electron chi connectivity index (χ1n) is 16.9. The molecule has 4 aromatic carbocycles. The molecule has 0 atom stereocenters. The Hall–Kier alpha value is -6.27. The molecule has 7 rings (SSSR count). The van der Waals surface area contributed by atoms with Gasteiger partial charge in [0, 0.05) is 43.4 Å². The number of pyridine rings is 1. The molecule has 0 aliphatic carbocycles. The average molecular weight is 698 g/mol. The second kappa shape index (κ2) is 15.3. The third kappa shape index (κ3) is 7.42. The molecule has 0 radical (unpaired) electrons. The molecule has 0 bridgehead atoms. The normalized spacial score (nSPS) is 12.8. The number of benzene rings is 4. The zero-order valence-electron chi connectivity index (χ0n) is 29.5. The van der Waals surface area contributed by atoms with Crippen molar-refractivity contribution in [3.05, 3.63) is 113 Å². The highest BCUT2D eigenvalue weighted by Gasteiger charge is 2.21. The van der Waals surface area contributed by atoms with Crippen molar-refractivity contribution in [1.29, 1.82) is 0 Å². The minimum atomic E-state index is -0.349. The summed E-state index contributed by atoms with van der Waals surface area (Å²) in [6.07, 6.45) is 6.77. The van der Waals surface area contributed by atoms with Gasteiger partial charge in [-0.15, -0.1) is 15.0 Å². The van der Waals surface area contributed by atoms with Gasteiger partial charge in [-0.2, -0.15) is 0 Å². The van der Waals surface area contributed by atoms with Crippen molar-refractivity contribution in [2.45, 2.75) is 19.4 Å². The van der Waals surface area contributed by atoms with Gasteiger partial charge in [-0.1, -0.05) is 30.3 Å². The Morgan fingerprint density at radius 3 is 2.33 bits per heavy atom. The highest BCUT2D eigenvalue weighted by atomic mass is 16.5. The first-order chi connectivity index (χ1) is 25.4. The van der Waals surface area contributed by atoms with E-state index in [2.05, 4.69) is 54.9 Å². The van der Waals surface area contributed by atoms with Crippen molar-refractivity contribution in [3.63, 3.8) is 0 Å². The fourth-order valence-electron chi connectivity index (χ4n) is 6.34. The summed E-state index contributed by atoms with van der Waals surface area (Å²) in [6.45, 7) is 2.79. The van der Waals surface area contributed by atoms with E-state index in [4.69, 9.17) is 18.9 Å². The van der Waals surface area contributed by atoms with E-state index in [9.17, 15) is 4.79 Å². The zero-order valence-corrected chi connectivity index (χ0v) is 29.5. The highest BCUT2D eigenvalue weighted by molar-refractivity contribution is 6.04. The smallest absolute Gasteiger partial charge is 0.248 e. The standard InChI is InChI=1S/C40H39N7O5/c1-49-35-20-28-16-18-46(25-30(28)21-36(35)50-2)17-15-26-9-12-31(13-10-26)47-44-40(43-45-47)32-22-37(51-3)38(52-4)23-34(32)42-39(48)14-11-27-19-29-7-5-6-8-33(29)41-24-27/h5-14,19-24H,15-18,25H2,1-4H3,(H,42,48). The van der Waals surface area contributed by atoms with Crippen LogP contribution in [0.3, 0.4) is 0 Å². The van der Waals surface area contributed by atoms with Gasteiger partial charge in [-0.3, -0.25) is 14.7 Å². The maximum Gasteiger partial charge on any atom is 0.248 e. The molecule has 0 unspecified atom stereocenters. The van der Waals surface area contributed by atoms with Gasteiger partial charge in [-0.25, -0.2) is 0 Å². The van der Waals surface area contributed by atoms with Gasteiger partial charge in [0.1, 0.15) is 0 Å². The number of aromatic nitrogens is 5. The van der Waals surface area contributed by atoms with E-state index in [-0.39, 0.29) is 5.91 Å². The molecule has 52 heavy (non-hydrogen) atoms. The fraction of sp³-hybridized carbons (Fsp3) is 0.225. The minimum Gasteiger partial charge on any atom is -0.493 e. The average Bonchev–Trinajstić information content (AvgIpc) is 3.68. The van der Waals surface area contributed by atoms with Crippen LogP contribution in [0.15, 0.2) is 91.1 Å². The summed E-state index contributed by atoms with van der Waals surface area (Å²) in [6, 6.07) is 25.5. The number of para-hydroxylation sites is 1. The van der Waals surface area contributed by atoms with Gasteiger partial charge in [0.25, 0.3) is 0 Å². The number of ether oxygens (including phenoxy) is 4. The van der Waals surface area contributed by atoms with Crippen LogP contribution < -0.4 is 24.3 Å². The van der Waals surface area contributed by atoms with Gasteiger partial charge in [-0.05, 0) is 88.8 Å². The van der Waals surface area contributed by atoms with E-state index in [1.54, 1.807) is 45.7 Å². The maximum absolute atomic E-state index is 13.1. The second-order valence-electron chi connectivity index (χ2n) is 12.4. The molecule has 0 spiro atoms. The second-order valence-corrected chi connectivity index (χ2v) is 12.4. The Labute approximate surface area is 301 Å². The number of rotatable bonds is 12.